The van der Waals surface area contributed by atoms with E-state index in [9.17, 15) is 4.79 Å². The van der Waals surface area contributed by atoms with Crippen molar-refractivity contribution < 1.29 is 9.90 Å². The van der Waals surface area contributed by atoms with Crippen molar-refractivity contribution in [3.8, 4) is 11.8 Å². The number of hydrogen-bond acceptors (Lipinski definition) is 2. The van der Waals surface area contributed by atoms with Crippen LogP contribution in [0.25, 0.3) is 0 Å². The van der Waals surface area contributed by atoms with Gasteiger partial charge >= 0.3 is 5.97 Å². The Bertz CT molecular complexity index is 178. The minimum Gasteiger partial charge on any atom is -0.480 e. The lowest BCUT2D eigenvalue weighted by Crippen LogP contribution is -2.11. The normalized spacial score (nSPS) is 11.5. The number of rotatable bonds is 4. The lowest BCUT2D eigenvalue weighted by Gasteiger charge is -2.02. The van der Waals surface area contributed by atoms with E-state index in [1.807, 2.05) is 0 Å². The minimum absolute atomic E-state index is 0.311. The first kappa shape index (κ1) is 10.4. The van der Waals surface area contributed by atoms with E-state index < -0.39 is 5.97 Å². The Balaban J connectivity index is 3.36. The molecule has 0 bridgehead atoms. The number of carboxylic acid groups (broad SMARTS) is 1. The van der Waals surface area contributed by atoms with Crippen LogP contribution >= 0.6 is 11.8 Å². The maximum absolute atomic E-state index is 10.3. The summed E-state index contributed by atoms with van der Waals surface area (Å²) in [5, 5.41) is 8.17. The highest BCUT2D eigenvalue weighted by molar-refractivity contribution is 8.00. The fourth-order valence-electron chi connectivity index (χ4n) is 0.483. The van der Waals surface area contributed by atoms with Crippen molar-refractivity contribution in [1.29, 1.82) is 0 Å². The first-order chi connectivity index (χ1) is 5.18. The Hall–Kier alpha value is -0.620. The van der Waals surface area contributed by atoms with Gasteiger partial charge in [0.2, 0.25) is 0 Å². The van der Waals surface area contributed by atoms with Gasteiger partial charge in [-0.3, -0.25) is 4.79 Å². The van der Waals surface area contributed by atoms with E-state index >= 15 is 0 Å². The molecule has 0 saturated heterocycles. The van der Waals surface area contributed by atoms with E-state index in [0.717, 1.165) is 12.2 Å². The summed E-state index contributed by atoms with van der Waals surface area (Å²) in [6, 6.07) is 0. The van der Waals surface area contributed by atoms with E-state index in [1.54, 1.807) is 13.8 Å². The second-order valence-electron chi connectivity index (χ2n) is 2.03. The molecule has 0 heterocycles. The van der Waals surface area contributed by atoms with Gasteiger partial charge in [0.05, 0.1) is 5.25 Å². The Kier molecular flexibility index (Phi) is 5.77. The monoisotopic (exact) mass is 172 g/mol. The molecule has 0 rings (SSSR count). The van der Waals surface area contributed by atoms with Crippen LogP contribution in [0.2, 0.25) is 0 Å². The van der Waals surface area contributed by atoms with Crippen LogP contribution in [0, 0.1) is 11.8 Å². The fourth-order valence-corrected chi connectivity index (χ4v) is 1.20. The highest BCUT2D eigenvalue weighted by atomic mass is 32.2. The molecular formula is C8H12O2S. The van der Waals surface area contributed by atoms with Gasteiger partial charge in [0.1, 0.15) is 0 Å². The Morgan fingerprint density at radius 1 is 1.73 bits per heavy atom. The Morgan fingerprint density at radius 3 is 2.82 bits per heavy atom. The molecule has 62 valence electrons. The summed E-state index contributed by atoms with van der Waals surface area (Å²) in [6.07, 6.45) is 0.777. The van der Waals surface area contributed by atoms with Crippen molar-refractivity contribution in [2.24, 2.45) is 0 Å². The Morgan fingerprint density at radius 2 is 2.36 bits per heavy atom. The number of thioether (sulfide) groups is 1. The van der Waals surface area contributed by atoms with Crippen molar-refractivity contribution in [1.82, 2.24) is 0 Å². The van der Waals surface area contributed by atoms with Gasteiger partial charge in [-0.25, -0.2) is 0 Å². The third kappa shape index (κ3) is 5.81. The van der Waals surface area contributed by atoms with Crippen LogP contribution in [-0.4, -0.2) is 22.1 Å². The summed E-state index contributed by atoms with van der Waals surface area (Å²) >= 11 is 1.42. The average Bonchev–Trinajstić information content (AvgIpc) is 1.97. The lowest BCUT2D eigenvalue weighted by molar-refractivity contribution is -0.136. The molecule has 0 aromatic heterocycles. The van der Waals surface area contributed by atoms with Crippen molar-refractivity contribution in [2.45, 2.75) is 25.5 Å². The summed E-state index contributed by atoms with van der Waals surface area (Å²) in [5.41, 5.74) is 0. The molecule has 0 aromatic rings. The SMILES string of the molecule is CC#CCCSC(C)C(=O)O. The molecule has 0 fully saturated rings. The second-order valence-corrected chi connectivity index (χ2v) is 3.48. The summed E-state index contributed by atoms with van der Waals surface area (Å²) in [4.78, 5) is 10.3. The highest BCUT2D eigenvalue weighted by Gasteiger charge is 2.09. The molecular weight excluding hydrogens is 160 g/mol. The number of carboxylic acids is 1. The highest BCUT2D eigenvalue weighted by Crippen LogP contribution is 2.10. The van der Waals surface area contributed by atoms with Gasteiger partial charge in [-0.15, -0.1) is 23.6 Å². The zero-order chi connectivity index (χ0) is 8.69. The van der Waals surface area contributed by atoms with Gasteiger partial charge < -0.3 is 5.11 Å². The second kappa shape index (κ2) is 6.11. The van der Waals surface area contributed by atoms with Crippen LogP contribution in [0.4, 0.5) is 0 Å². The van der Waals surface area contributed by atoms with E-state index in [4.69, 9.17) is 5.11 Å². The summed E-state index contributed by atoms with van der Waals surface area (Å²) in [6.45, 7) is 3.47. The number of hydrogen-bond donors (Lipinski definition) is 1. The quantitative estimate of drug-likeness (QED) is 0.517. The molecule has 3 heteroatoms. The Labute approximate surface area is 71.4 Å². The summed E-state index contributed by atoms with van der Waals surface area (Å²) < 4.78 is 0. The summed E-state index contributed by atoms with van der Waals surface area (Å²) in [7, 11) is 0. The molecule has 0 aromatic carbocycles. The van der Waals surface area contributed by atoms with Crippen LogP contribution in [0.15, 0.2) is 0 Å². The molecule has 0 aliphatic rings. The minimum atomic E-state index is -0.751. The van der Waals surface area contributed by atoms with Gasteiger partial charge in [0.15, 0.2) is 0 Å². The zero-order valence-electron chi connectivity index (χ0n) is 6.76. The van der Waals surface area contributed by atoms with Crippen LogP contribution < -0.4 is 0 Å². The van der Waals surface area contributed by atoms with Crippen molar-refractivity contribution in [2.75, 3.05) is 5.75 Å². The molecule has 1 N–H and O–H groups in total. The standard InChI is InChI=1S/C8H12O2S/c1-3-4-5-6-11-7(2)8(9)10/h7H,5-6H2,1-2H3,(H,9,10). The van der Waals surface area contributed by atoms with Gasteiger partial charge in [0.25, 0.3) is 0 Å². The third-order valence-electron chi connectivity index (χ3n) is 1.12. The van der Waals surface area contributed by atoms with E-state index in [2.05, 4.69) is 11.8 Å². The van der Waals surface area contributed by atoms with Gasteiger partial charge in [0, 0.05) is 12.2 Å². The molecule has 1 unspecified atom stereocenters. The molecule has 0 aliphatic heterocycles. The molecule has 0 amide bonds. The number of carbonyl (C=O) groups is 1. The first-order valence-electron chi connectivity index (χ1n) is 3.42. The predicted molar refractivity (Wildman–Crippen MR) is 47.6 cm³/mol. The molecule has 2 nitrogen and oxygen atoms in total. The smallest absolute Gasteiger partial charge is 0.316 e. The van der Waals surface area contributed by atoms with Crippen LogP contribution in [0.5, 0.6) is 0 Å². The van der Waals surface area contributed by atoms with Crippen LogP contribution in [0.3, 0.4) is 0 Å². The molecule has 11 heavy (non-hydrogen) atoms. The van der Waals surface area contributed by atoms with Gasteiger partial charge in [-0.1, -0.05) is 0 Å². The van der Waals surface area contributed by atoms with Crippen molar-refractivity contribution in [3.63, 3.8) is 0 Å². The average molecular weight is 172 g/mol. The maximum atomic E-state index is 10.3. The van der Waals surface area contributed by atoms with Crippen LogP contribution in [0.1, 0.15) is 20.3 Å². The van der Waals surface area contributed by atoms with Gasteiger partial charge in [-0.05, 0) is 13.8 Å². The largest absolute Gasteiger partial charge is 0.480 e. The number of aliphatic carboxylic acids is 1. The molecule has 0 spiro atoms. The molecule has 1 atom stereocenters. The van der Waals surface area contributed by atoms with Crippen molar-refractivity contribution >= 4 is 17.7 Å². The van der Waals surface area contributed by atoms with E-state index in [1.165, 1.54) is 11.8 Å². The third-order valence-corrected chi connectivity index (χ3v) is 2.26. The van der Waals surface area contributed by atoms with E-state index in [-0.39, 0.29) is 5.25 Å². The summed E-state index contributed by atoms with van der Waals surface area (Å²) in [5.74, 6) is 5.69. The molecule has 0 radical (unpaired) electrons. The fraction of sp³-hybridized carbons (Fsp3) is 0.625. The van der Waals surface area contributed by atoms with Gasteiger partial charge in [-0.2, -0.15) is 0 Å². The molecule has 0 aliphatic carbocycles. The maximum Gasteiger partial charge on any atom is 0.316 e. The predicted octanol–water partition coefficient (Wildman–Crippen LogP) is 1.61. The first-order valence-corrected chi connectivity index (χ1v) is 4.47. The van der Waals surface area contributed by atoms with Crippen molar-refractivity contribution in [3.05, 3.63) is 0 Å². The topological polar surface area (TPSA) is 37.3 Å². The van der Waals surface area contributed by atoms with Crippen LogP contribution in [-0.2, 0) is 4.79 Å². The zero-order valence-corrected chi connectivity index (χ0v) is 7.57. The van der Waals surface area contributed by atoms with E-state index in [0.29, 0.717) is 0 Å². The lowest BCUT2D eigenvalue weighted by atomic mass is 10.5. The molecule has 0 saturated carbocycles.